The first kappa shape index (κ1) is 12.6. The van der Waals surface area contributed by atoms with Crippen LogP contribution < -0.4 is 5.32 Å². The lowest BCUT2D eigenvalue weighted by Gasteiger charge is -2.32. The second kappa shape index (κ2) is 5.28. The molecule has 0 bridgehead atoms. The lowest BCUT2D eigenvalue weighted by Crippen LogP contribution is -2.44. The third-order valence-corrected chi connectivity index (χ3v) is 3.68. The first-order valence-electron chi connectivity index (χ1n) is 6.69. The molecule has 0 radical (unpaired) electrons. The number of nitrogens with zero attached hydrogens (tertiary/aromatic N) is 2. The Hall–Kier alpha value is -1.43. The maximum absolute atomic E-state index is 10.3. The molecule has 2 N–H and O–H groups in total. The largest absolute Gasteiger partial charge is 0.388 e. The van der Waals surface area contributed by atoms with E-state index in [4.69, 9.17) is 4.74 Å². The molecule has 19 heavy (non-hydrogen) atoms. The van der Waals surface area contributed by atoms with Crippen LogP contribution in [-0.2, 0) is 11.3 Å². The van der Waals surface area contributed by atoms with Gasteiger partial charge in [0.25, 0.3) is 0 Å². The molecule has 0 aliphatic carbocycles. The minimum Gasteiger partial charge on any atom is -0.388 e. The fourth-order valence-electron chi connectivity index (χ4n) is 2.47. The van der Waals surface area contributed by atoms with Gasteiger partial charge in [-0.15, -0.1) is 0 Å². The van der Waals surface area contributed by atoms with Crippen LogP contribution in [0.4, 0.5) is 0 Å². The predicted octanol–water partition coefficient (Wildman–Crippen LogP) is 0.965. The maximum Gasteiger partial charge on any atom is 0.136 e. The number of aliphatic hydroxyl groups is 1. The van der Waals surface area contributed by atoms with Gasteiger partial charge >= 0.3 is 0 Å². The van der Waals surface area contributed by atoms with E-state index in [1.54, 1.807) is 0 Å². The molecule has 1 fully saturated rings. The van der Waals surface area contributed by atoms with Crippen LogP contribution >= 0.6 is 0 Å². The first-order chi connectivity index (χ1) is 9.27. The molecule has 2 aromatic heterocycles. The molecule has 0 atom stereocenters. The highest BCUT2D eigenvalue weighted by Crippen LogP contribution is 2.19. The molecule has 3 heterocycles. The number of imidazole rings is 1. The summed E-state index contributed by atoms with van der Waals surface area (Å²) in [5.41, 5.74) is 1.42. The summed E-state index contributed by atoms with van der Waals surface area (Å²) < 4.78 is 7.33. The van der Waals surface area contributed by atoms with Crippen molar-refractivity contribution in [1.82, 2.24) is 14.7 Å². The quantitative estimate of drug-likeness (QED) is 0.861. The van der Waals surface area contributed by atoms with E-state index in [0.29, 0.717) is 39.1 Å². The lowest BCUT2D eigenvalue weighted by atomic mass is 9.94. The SMILES string of the molecule is OC1(CNCc2cnc3ccccn23)CCOCC1. The van der Waals surface area contributed by atoms with Crippen LogP contribution in [-0.4, -0.2) is 39.9 Å². The third kappa shape index (κ3) is 2.78. The van der Waals surface area contributed by atoms with E-state index in [0.717, 1.165) is 11.3 Å². The number of ether oxygens (including phenoxy) is 1. The minimum absolute atomic E-state index is 0.594. The molecule has 0 aromatic carbocycles. The molecule has 1 saturated heterocycles. The van der Waals surface area contributed by atoms with E-state index in [-0.39, 0.29) is 0 Å². The van der Waals surface area contributed by atoms with Crippen molar-refractivity contribution in [2.24, 2.45) is 0 Å². The van der Waals surface area contributed by atoms with Gasteiger partial charge < -0.3 is 19.6 Å². The van der Waals surface area contributed by atoms with Crippen LogP contribution in [0.25, 0.3) is 5.65 Å². The highest BCUT2D eigenvalue weighted by atomic mass is 16.5. The van der Waals surface area contributed by atoms with Crippen LogP contribution in [0.2, 0.25) is 0 Å². The second-order valence-electron chi connectivity index (χ2n) is 5.12. The fourth-order valence-corrected chi connectivity index (χ4v) is 2.47. The van der Waals surface area contributed by atoms with Gasteiger partial charge in [0.2, 0.25) is 0 Å². The number of aromatic nitrogens is 2. The highest BCUT2D eigenvalue weighted by molar-refractivity contribution is 5.39. The van der Waals surface area contributed by atoms with Gasteiger partial charge in [-0.3, -0.25) is 0 Å². The Morgan fingerprint density at radius 3 is 3.05 bits per heavy atom. The number of rotatable bonds is 4. The zero-order valence-corrected chi connectivity index (χ0v) is 10.9. The Balaban J connectivity index is 1.60. The Morgan fingerprint density at radius 2 is 2.21 bits per heavy atom. The summed E-state index contributed by atoms with van der Waals surface area (Å²) in [6, 6.07) is 5.95. The van der Waals surface area contributed by atoms with E-state index in [1.165, 1.54) is 0 Å². The minimum atomic E-state index is -0.626. The van der Waals surface area contributed by atoms with Crippen molar-refractivity contribution in [2.75, 3.05) is 19.8 Å². The van der Waals surface area contributed by atoms with Crippen molar-refractivity contribution in [2.45, 2.75) is 25.0 Å². The van der Waals surface area contributed by atoms with Crippen LogP contribution in [0.3, 0.4) is 0 Å². The average molecular weight is 261 g/mol. The van der Waals surface area contributed by atoms with Gasteiger partial charge in [0, 0.05) is 45.3 Å². The molecular formula is C14H19N3O2. The zero-order chi connectivity index (χ0) is 13.1. The van der Waals surface area contributed by atoms with Crippen LogP contribution in [0.1, 0.15) is 18.5 Å². The summed E-state index contributed by atoms with van der Waals surface area (Å²) in [6.07, 6.45) is 5.28. The van der Waals surface area contributed by atoms with E-state index in [9.17, 15) is 5.11 Å². The Kier molecular flexibility index (Phi) is 3.50. The average Bonchev–Trinajstić information content (AvgIpc) is 2.83. The summed E-state index contributed by atoms with van der Waals surface area (Å²) >= 11 is 0. The van der Waals surface area contributed by atoms with Gasteiger partial charge in [-0.2, -0.15) is 0 Å². The zero-order valence-electron chi connectivity index (χ0n) is 10.9. The Bertz CT molecular complexity index is 546. The topological polar surface area (TPSA) is 58.8 Å². The normalized spacial score (nSPS) is 18.8. The van der Waals surface area contributed by atoms with E-state index >= 15 is 0 Å². The van der Waals surface area contributed by atoms with Gasteiger partial charge in [0.05, 0.1) is 17.5 Å². The molecule has 1 aliphatic heterocycles. The maximum atomic E-state index is 10.3. The number of pyridine rings is 1. The monoisotopic (exact) mass is 261 g/mol. The Morgan fingerprint density at radius 1 is 1.37 bits per heavy atom. The second-order valence-corrected chi connectivity index (χ2v) is 5.12. The van der Waals surface area contributed by atoms with Crippen LogP contribution in [0, 0.1) is 0 Å². The number of hydrogen-bond acceptors (Lipinski definition) is 4. The molecule has 5 heteroatoms. The molecule has 0 unspecified atom stereocenters. The van der Waals surface area contributed by atoms with E-state index in [2.05, 4.69) is 14.7 Å². The Labute approximate surface area is 112 Å². The predicted molar refractivity (Wildman–Crippen MR) is 71.9 cm³/mol. The summed E-state index contributed by atoms with van der Waals surface area (Å²) in [5, 5.41) is 13.7. The van der Waals surface area contributed by atoms with Crippen molar-refractivity contribution < 1.29 is 9.84 Å². The summed E-state index contributed by atoms with van der Waals surface area (Å²) in [6.45, 7) is 2.59. The molecule has 0 amide bonds. The summed E-state index contributed by atoms with van der Waals surface area (Å²) in [4.78, 5) is 4.34. The van der Waals surface area contributed by atoms with Gasteiger partial charge in [0.1, 0.15) is 5.65 Å². The lowest BCUT2D eigenvalue weighted by molar-refractivity contribution is -0.0617. The van der Waals surface area contributed by atoms with E-state index in [1.807, 2.05) is 30.6 Å². The van der Waals surface area contributed by atoms with Gasteiger partial charge in [0.15, 0.2) is 0 Å². The third-order valence-electron chi connectivity index (χ3n) is 3.68. The van der Waals surface area contributed by atoms with Crippen molar-refractivity contribution in [3.63, 3.8) is 0 Å². The molecule has 0 saturated carbocycles. The molecule has 5 nitrogen and oxygen atoms in total. The molecule has 102 valence electrons. The van der Waals surface area contributed by atoms with Crippen molar-refractivity contribution in [3.8, 4) is 0 Å². The van der Waals surface area contributed by atoms with Crippen molar-refractivity contribution in [1.29, 1.82) is 0 Å². The number of hydrogen-bond donors (Lipinski definition) is 2. The van der Waals surface area contributed by atoms with Gasteiger partial charge in [-0.1, -0.05) is 6.07 Å². The first-order valence-corrected chi connectivity index (χ1v) is 6.69. The van der Waals surface area contributed by atoms with Crippen LogP contribution in [0.15, 0.2) is 30.6 Å². The molecule has 3 rings (SSSR count). The molecule has 0 spiro atoms. The van der Waals surface area contributed by atoms with Crippen molar-refractivity contribution >= 4 is 5.65 Å². The number of nitrogens with one attached hydrogen (secondary N) is 1. The van der Waals surface area contributed by atoms with Crippen molar-refractivity contribution in [3.05, 3.63) is 36.3 Å². The molecular weight excluding hydrogens is 242 g/mol. The molecule has 2 aromatic rings. The standard InChI is InChI=1S/C14H19N3O2/c18-14(4-7-19-8-5-14)11-15-9-12-10-16-13-3-1-2-6-17(12)13/h1-3,6,10,15,18H,4-5,7-9,11H2. The van der Waals surface area contributed by atoms with Gasteiger partial charge in [-0.05, 0) is 12.1 Å². The summed E-state index contributed by atoms with van der Waals surface area (Å²) in [5.74, 6) is 0. The van der Waals surface area contributed by atoms with Gasteiger partial charge in [-0.25, -0.2) is 4.98 Å². The number of fused-ring (bicyclic) bond motifs is 1. The smallest absolute Gasteiger partial charge is 0.136 e. The van der Waals surface area contributed by atoms with E-state index < -0.39 is 5.60 Å². The molecule has 1 aliphatic rings. The fraction of sp³-hybridized carbons (Fsp3) is 0.500. The summed E-state index contributed by atoms with van der Waals surface area (Å²) in [7, 11) is 0. The van der Waals surface area contributed by atoms with Crippen LogP contribution in [0.5, 0.6) is 0 Å². The highest BCUT2D eigenvalue weighted by Gasteiger charge is 2.29.